The summed E-state index contributed by atoms with van der Waals surface area (Å²) < 4.78 is 25.3. The molecule has 2 atom stereocenters. The van der Waals surface area contributed by atoms with Gasteiger partial charge in [-0.05, 0) is 6.42 Å². The third kappa shape index (κ3) is 11.6. The maximum absolute atomic E-state index is 11.5. The summed E-state index contributed by atoms with van der Waals surface area (Å²) in [6.45, 7) is 2.47. The van der Waals surface area contributed by atoms with Crippen molar-refractivity contribution < 1.29 is 37.9 Å². The lowest BCUT2D eigenvalue weighted by atomic mass is 10.3. The van der Waals surface area contributed by atoms with Gasteiger partial charge in [-0.1, -0.05) is 13.8 Å². The molecule has 3 N–H and O–H groups in total. The molecule has 0 fully saturated rings. The molecular weight excluding hydrogens is 317 g/mol. The van der Waals surface area contributed by atoms with Gasteiger partial charge in [0.2, 0.25) is 5.91 Å². The van der Waals surface area contributed by atoms with Gasteiger partial charge < -0.3 is 20.1 Å². The van der Waals surface area contributed by atoms with Gasteiger partial charge in [-0.2, -0.15) is 0 Å². The summed E-state index contributed by atoms with van der Waals surface area (Å²) in [6, 6.07) is 0. The van der Waals surface area contributed by atoms with Crippen LogP contribution in [0.15, 0.2) is 0 Å². The summed E-state index contributed by atoms with van der Waals surface area (Å²) in [5, 5.41) is 11.9. The molecule has 1 amide bonds. The minimum absolute atomic E-state index is 0.0728. The molecule has 0 saturated heterocycles. The molecule has 0 bridgehead atoms. The third-order valence-electron chi connectivity index (χ3n) is 2.31. The van der Waals surface area contributed by atoms with E-state index in [1.807, 2.05) is 6.92 Å². The second-order valence-corrected chi connectivity index (χ2v) is 5.84. The predicted molar refractivity (Wildman–Crippen MR) is 76.9 cm³/mol. The highest BCUT2D eigenvalue weighted by molar-refractivity contribution is 7.47. The van der Waals surface area contributed by atoms with Gasteiger partial charge in [-0.25, -0.2) is 4.57 Å². The van der Waals surface area contributed by atoms with Crippen LogP contribution in [0.4, 0.5) is 0 Å². The number of hydrogen-bond acceptors (Lipinski definition) is 7. The van der Waals surface area contributed by atoms with Gasteiger partial charge in [0.25, 0.3) is 0 Å². The van der Waals surface area contributed by atoms with E-state index in [0.29, 0.717) is 12.8 Å². The highest BCUT2D eigenvalue weighted by atomic mass is 31.2. The van der Waals surface area contributed by atoms with Crippen molar-refractivity contribution in [1.82, 2.24) is 5.32 Å². The molecule has 0 spiro atoms. The van der Waals surface area contributed by atoms with Crippen molar-refractivity contribution in [2.75, 3.05) is 26.4 Å². The fourth-order valence-corrected chi connectivity index (χ4v) is 1.98. The van der Waals surface area contributed by atoms with Crippen LogP contribution in [0, 0.1) is 0 Å². The number of hydrogen-bond donors (Lipinski definition) is 3. The maximum Gasteiger partial charge on any atom is 0.472 e. The van der Waals surface area contributed by atoms with Crippen LogP contribution in [-0.2, 0) is 27.9 Å². The van der Waals surface area contributed by atoms with Crippen LogP contribution in [0.3, 0.4) is 0 Å². The highest BCUT2D eigenvalue weighted by Crippen LogP contribution is 2.42. The highest BCUT2D eigenvalue weighted by Gasteiger charge is 2.23. The molecule has 0 aromatic rings. The monoisotopic (exact) mass is 341 g/mol. The van der Waals surface area contributed by atoms with Crippen LogP contribution in [-0.4, -0.2) is 54.3 Å². The Hall–Kier alpha value is -0.990. The smallest absolute Gasteiger partial charge is 0.463 e. The molecule has 0 radical (unpaired) electrons. The molecule has 0 heterocycles. The first-order valence-electron chi connectivity index (χ1n) is 7.03. The Morgan fingerprint density at radius 2 is 1.91 bits per heavy atom. The molecule has 0 aliphatic rings. The number of rotatable bonds is 12. The number of nitrogens with one attached hydrogen (secondary N) is 1. The topological polar surface area (TPSA) is 131 Å². The van der Waals surface area contributed by atoms with E-state index in [9.17, 15) is 24.2 Å². The van der Waals surface area contributed by atoms with Crippen molar-refractivity contribution in [3.05, 3.63) is 0 Å². The van der Waals surface area contributed by atoms with Gasteiger partial charge in [0.15, 0.2) is 0 Å². The first-order chi connectivity index (χ1) is 10.3. The Balaban J connectivity index is 3.82. The van der Waals surface area contributed by atoms with E-state index >= 15 is 0 Å². The van der Waals surface area contributed by atoms with Crippen molar-refractivity contribution >= 4 is 19.7 Å². The zero-order chi connectivity index (χ0) is 17.0. The van der Waals surface area contributed by atoms with Crippen LogP contribution in [0.2, 0.25) is 0 Å². The maximum atomic E-state index is 11.5. The van der Waals surface area contributed by atoms with Gasteiger partial charge in [0.1, 0.15) is 12.7 Å². The number of phosphoric ester groups is 1. The van der Waals surface area contributed by atoms with Crippen LogP contribution in [0.5, 0.6) is 0 Å². The molecule has 0 rings (SSSR count). The average molecular weight is 341 g/mol. The lowest BCUT2D eigenvalue weighted by molar-refractivity contribution is -0.146. The van der Waals surface area contributed by atoms with E-state index < -0.39 is 26.5 Å². The molecule has 10 heteroatoms. The molecule has 0 aromatic heterocycles. The lowest BCUT2D eigenvalue weighted by Gasteiger charge is -2.15. The second-order valence-electron chi connectivity index (χ2n) is 4.39. The van der Waals surface area contributed by atoms with E-state index in [4.69, 9.17) is 0 Å². The largest absolute Gasteiger partial charge is 0.472 e. The summed E-state index contributed by atoms with van der Waals surface area (Å²) in [7, 11) is -4.33. The van der Waals surface area contributed by atoms with E-state index in [1.54, 1.807) is 6.92 Å². The Morgan fingerprint density at radius 3 is 2.50 bits per heavy atom. The molecular formula is C12H24NO8P. The van der Waals surface area contributed by atoms with Crippen LogP contribution < -0.4 is 5.32 Å². The van der Waals surface area contributed by atoms with Crippen molar-refractivity contribution in [3.8, 4) is 0 Å². The molecule has 0 saturated carbocycles. The fourth-order valence-electron chi connectivity index (χ4n) is 1.22. The van der Waals surface area contributed by atoms with Crippen molar-refractivity contribution in [2.24, 2.45) is 0 Å². The number of aliphatic hydroxyl groups excluding tert-OH is 1. The fraction of sp³-hybridized carbons (Fsp3) is 0.833. The van der Waals surface area contributed by atoms with E-state index in [1.165, 1.54) is 0 Å². The van der Waals surface area contributed by atoms with Crippen molar-refractivity contribution in [2.45, 2.75) is 39.2 Å². The predicted octanol–water partition coefficient (Wildman–Crippen LogP) is 0.350. The summed E-state index contributed by atoms with van der Waals surface area (Å²) >= 11 is 0. The number of esters is 1. The van der Waals surface area contributed by atoms with Crippen molar-refractivity contribution in [1.29, 1.82) is 0 Å². The van der Waals surface area contributed by atoms with Gasteiger partial charge in [-0.15, -0.1) is 0 Å². The van der Waals surface area contributed by atoms with E-state index in [0.717, 1.165) is 0 Å². The Bertz CT molecular complexity index is 389. The van der Waals surface area contributed by atoms with E-state index in [-0.39, 0.29) is 32.1 Å². The van der Waals surface area contributed by atoms with E-state index in [2.05, 4.69) is 19.1 Å². The molecule has 9 nitrogen and oxygen atoms in total. The summed E-state index contributed by atoms with van der Waals surface area (Å²) in [5.41, 5.74) is 0. The minimum atomic E-state index is -4.33. The van der Waals surface area contributed by atoms with Gasteiger partial charge in [-0.3, -0.25) is 18.6 Å². The number of carbonyl (C=O) groups is 2. The molecule has 2 unspecified atom stereocenters. The molecule has 0 aliphatic carbocycles. The van der Waals surface area contributed by atoms with Gasteiger partial charge in [0.05, 0.1) is 13.2 Å². The number of aliphatic hydroxyl groups is 1. The van der Waals surface area contributed by atoms with Crippen LogP contribution in [0.1, 0.15) is 33.1 Å². The molecule has 22 heavy (non-hydrogen) atoms. The Kier molecular flexibility index (Phi) is 11.0. The average Bonchev–Trinajstić information content (AvgIpc) is 2.47. The summed E-state index contributed by atoms with van der Waals surface area (Å²) in [5.74, 6) is -0.668. The Labute approximate surface area is 129 Å². The van der Waals surface area contributed by atoms with Gasteiger partial charge in [0, 0.05) is 19.4 Å². The minimum Gasteiger partial charge on any atom is -0.463 e. The van der Waals surface area contributed by atoms with Gasteiger partial charge >= 0.3 is 13.8 Å². The zero-order valence-electron chi connectivity index (χ0n) is 12.8. The number of carbonyl (C=O) groups excluding carboxylic acids is 2. The zero-order valence-corrected chi connectivity index (χ0v) is 13.7. The molecule has 0 aliphatic heterocycles. The van der Waals surface area contributed by atoms with Crippen molar-refractivity contribution in [3.63, 3.8) is 0 Å². The number of ether oxygens (including phenoxy) is 1. The quantitative estimate of drug-likeness (QED) is 0.263. The molecule has 0 aromatic carbocycles. The number of phosphoric acid groups is 1. The second kappa shape index (κ2) is 11.6. The van der Waals surface area contributed by atoms with Crippen LogP contribution in [0.25, 0.3) is 0 Å². The summed E-state index contributed by atoms with van der Waals surface area (Å²) in [4.78, 5) is 31.3. The van der Waals surface area contributed by atoms with Crippen LogP contribution >= 0.6 is 7.82 Å². The normalized spacial score (nSPS) is 14.9. The number of amides is 1. The lowest BCUT2D eigenvalue weighted by Crippen LogP contribution is -2.27. The standard InChI is InChI=1S/C12H24NO8P/c1-3-5-11(15)13-6-7-20-22(17,18)21-9-10(14)8-19-12(16)4-2/h10,14H,3-9H2,1-2H3,(H,13,15)(H,17,18). The Morgan fingerprint density at radius 1 is 1.23 bits per heavy atom. The first-order valence-corrected chi connectivity index (χ1v) is 8.52. The first kappa shape index (κ1) is 21.0. The third-order valence-corrected chi connectivity index (χ3v) is 3.30. The summed E-state index contributed by atoms with van der Waals surface area (Å²) in [6.07, 6.45) is 0.00720. The molecule has 130 valence electrons. The SMILES string of the molecule is CCCC(=O)NCCOP(=O)(O)OCC(O)COC(=O)CC.